The summed E-state index contributed by atoms with van der Waals surface area (Å²) in [5.41, 5.74) is 0.979. The van der Waals surface area contributed by atoms with Crippen LogP contribution in [-0.4, -0.2) is 34.9 Å². The second-order valence-corrected chi connectivity index (χ2v) is 8.45. The van der Waals surface area contributed by atoms with Gasteiger partial charge in [-0.05, 0) is 29.7 Å². The number of hydrogen-bond donors (Lipinski definition) is 1. The van der Waals surface area contributed by atoms with E-state index in [1.165, 1.54) is 32.0 Å². The lowest BCUT2D eigenvalue weighted by Crippen LogP contribution is -2.26. The quantitative estimate of drug-likeness (QED) is 0.456. The number of benzene rings is 2. The zero-order valence-electron chi connectivity index (χ0n) is 18.6. The summed E-state index contributed by atoms with van der Waals surface area (Å²) in [6.07, 6.45) is 0. The van der Waals surface area contributed by atoms with E-state index < -0.39 is 0 Å². The van der Waals surface area contributed by atoms with Gasteiger partial charge in [-0.1, -0.05) is 49.9 Å². The van der Waals surface area contributed by atoms with Crippen molar-refractivity contribution in [3.8, 4) is 11.5 Å². The molecule has 0 fully saturated rings. The second kappa shape index (κ2) is 11.0. The summed E-state index contributed by atoms with van der Waals surface area (Å²) in [4.78, 5) is 12.8. The molecular weight excluding hydrogens is 431 g/mol. The van der Waals surface area contributed by atoms with Gasteiger partial charge < -0.3 is 19.4 Å². The van der Waals surface area contributed by atoms with E-state index in [9.17, 15) is 9.18 Å². The standard InChI is InChI=1S/C23H27FN4O3S/c1-15(2)13-28-20(26-27-23(28)32-14-16-8-5-6-10-18(16)24)12-25-22(29)17-9-7-11-19(30-3)21(17)31-4/h5-11,15H,12-14H2,1-4H3,(H,25,29). The Bertz CT molecular complexity index is 1070. The summed E-state index contributed by atoms with van der Waals surface area (Å²) in [5, 5.41) is 12.1. The maximum absolute atomic E-state index is 14.0. The lowest BCUT2D eigenvalue weighted by molar-refractivity contribution is 0.0945. The van der Waals surface area contributed by atoms with Crippen LogP contribution in [0.2, 0.25) is 0 Å². The zero-order chi connectivity index (χ0) is 23.1. The number of carbonyl (C=O) groups is 1. The number of thioether (sulfide) groups is 1. The first kappa shape index (κ1) is 23.6. The van der Waals surface area contributed by atoms with Crippen molar-refractivity contribution < 1.29 is 18.7 Å². The predicted molar refractivity (Wildman–Crippen MR) is 122 cm³/mol. The van der Waals surface area contributed by atoms with E-state index in [-0.39, 0.29) is 18.3 Å². The molecule has 1 heterocycles. The molecule has 32 heavy (non-hydrogen) atoms. The third-order valence-electron chi connectivity index (χ3n) is 4.71. The highest BCUT2D eigenvalue weighted by molar-refractivity contribution is 7.98. The molecule has 0 aliphatic rings. The molecule has 0 radical (unpaired) electrons. The maximum Gasteiger partial charge on any atom is 0.255 e. The fourth-order valence-electron chi connectivity index (χ4n) is 3.18. The third kappa shape index (κ3) is 5.59. The minimum absolute atomic E-state index is 0.194. The second-order valence-electron chi connectivity index (χ2n) is 7.51. The van der Waals surface area contributed by atoms with Crippen LogP contribution in [-0.2, 0) is 18.8 Å². The van der Waals surface area contributed by atoms with Crippen LogP contribution in [0.4, 0.5) is 4.39 Å². The molecule has 0 bridgehead atoms. The number of ether oxygens (including phenoxy) is 2. The number of nitrogens with one attached hydrogen (secondary N) is 1. The first-order valence-corrected chi connectivity index (χ1v) is 11.2. The topological polar surface area (TPSA) is 78.3 Å². The SMILES string of the molecule is COc1cccc(C(=O)NCc2nnc(SCc3ccccc3F)n2CC(C)C)c1OC. The number of rotatable bonds is 10. The van der Waals surface area contributed by atoms with Gasteiger partial charge in [0, 0.05) is 12.3 Å². The molecule has 0 unspecified atom stereocenters. The molecule has 0 saturated carbocycles. The Morgan fingerprint density at radius 3 is 2.59 bits per heavy atom. The van der Waals surface area contributed by atoms with Gasteiger partial charge in [-0.3, -0.25) is 4.79 Å². The van der Waals surface area contributed by atoms with Gasteiger partial charge in [-0.15, -0.1) is 10.2 Å². The van der Waals surface area contributed by atoms with Crippen molar-refractivity contribution in [3.63, 3.8) is 0 Å². The first-order valence-electron chi connectivity index (χ1n) is 10.2. The van der Waals surface area contributed by atoms with E-state index in [4.69, 9.17) is 9.47 Å². The molecule has 3 aromatic rings. The monoisotopic (exact) mass is 458 g/mol. The Kier molecular flexibility index (Phi) is 8.10. The molecular formula is C23H27FN4O3S. The summed E-state index contributed by atoms with van der Waals surface area (Å²) in [6, 6.07) is 11.8. The molecule has 2 aromatic carbocycles. The van der Waals surface area contributed by atoms with E-state index in [1.54, 1.807) is 30.3 Å². The fourth-order valence-corrected chi connectivity index (χ4v) is 4.14. The summed E-state index contributed by atoms with van der Waals surface area (Å²) < 4.78 is 26.6. The highest BCUT2D eigenvalue weighted by atomic mass is 32.2. The van der Waals surface area contributed by atoms with Crippen molar-refractivity contribution in [1.29, 1.82) is 0 Å². The van der Waals surface area contributed by atoms with Gasteiger partial charge in [0.15, 0.2) is 22.5 Å². The number of para-hydroxylation sites is 1. The molecule has 0 aliphatic carbocycles. The number of aromatic nitrogens is 3. The molecule has 1 aromatic heterocycles. The number of hydrogen-bond acceptors (Lipinski definition) is 6. The van der Waals surface area contributed by atoms with Crippen molar-refractivity contribution in [3.05, 3.63) is 65.2 Å². The highest BCUT2D eigenvalue weighted by Crippen LogP contribution is 2.30. The highest BCUT2D eigenvalue weighted by Gasteiger charge is 2.19. The molecule has 1 amide bonds. The molecule has 0 saturated heterocycles. The van der Waals surface area contributed by atoms with Crippen LogP contribution in [0.1, 0.15) is 35.6 Å². The summed E-state index contributed by atoms with van der Waals surface area (Å²) in [5.74, 6) is 1.72. The third-order valence-corrected chi connectivity index (χ3v) is 5.73. The number of halogens is 1. The van der Waals surface area contributed by atoms with Gasteiger partial charge in [0.05, 0.1) is 26.3 Å². The molecule has 170 valence electrons. The van der Waals surface area contributed by atoms with Crippen LogP contribution >= 0.6 is 11.8 Å². The van der Waals surface area contributed by atoms with Crippen molar-refractivity contribution >= 4 is 17.7 Å². The number of nitrogens with zero attached hydrogens (tertiary/aromatic N) is 3. The van der Waals surface area contributed by atoms with Crippen LogP contribution in [0, 0.1) is 11.7 Å². The van der Waals surface area contributed by atoms with Crippen LogP contribution in [0.25, 0.3) is 0 Å². The molecule has 3 rings (SSSR count). The smallest absolute Gasteiger partial charge is 0.255 e. The van der Waals surface area contributed by atoms with Crippen LogP contribution in [0.15, 0.2) is 47.6 Å². The average molecular weight is 459 g/mol. The predicted octanol–water partition coefficient (Wildman–Crippen LogP) is 4.31. The minimum atomic E-state index is -0.305. The lowest BCUT2D eigenvalue weighted by atomic mass is 10.1. The lowest BCUT2D eigenvalue weighted by Gasteiger charge is -2.14. The molecule has 9 heteroatoms. The Labute approximate surface area is 191 Å². The van der Waals surface area contributed by atoms with Gasteiger partial charge in [0.25, 0.3) is 5.91 Å². The van der Waals surface area contributed by atoms with E-state index in [2.05, 4.69) is 29.4 Å². The van der Waals surface area contributed by atoms with E-state index in [0.717, 1.165) is 0 Å². The molecule has 0 aliphatic heterocycles. The van der Waals surface area contributed by atoms with Gasteiger partial charge in [-0.2, -0.15) is 0 Å². The summed E-state index contributed by atoms with van der Waals surface area (Å²) in [6.45, 7) is 5.06. The Hall–Kier alpha value is -3.07. The Morgan fingerprint density at radius 1 is 1.12 bits per heavy atom. The van der Waals surface area contributed by atoms with Gasteiger partial charge in [-0.25, -0.2) is 4.39 Å². The van der Waals surface area contributed by atoms with Crippen molar-refractivity contribution in [2.45, 2.75) is 37.8 Å². The summed E-state index contributed by atoms with van der Waals surface area (Å²) in [7, 11) is 3.02. The number of carbonyl (C=O) groups excluding carboxylic acids is 1. The van der Waals surface area contributed by atoms with Crippen LogP contribution < -0.4 is 14.8 Å². The largest absolute Gasteiger partial charge is 0.493 e. The van der Waals surface area contributed by atoms with E-state index in [1.807, 2.05) is 10.6 Å². The van der Waals surface area contributed by atoms with Gasteiger partial charge in [0.2, 0.25) is 0 Å². The van der Waals surface area contributed by atoms with Crippen molar-refractivity contribution in [2.24, 2.45) is 5.92 Å². The van der Waals surface area contributed by atoms with Crippen LogP contribution in [0.5, 0.6) is 11.5 Å². The number of amides is 1. The Morgan fingerprint density at radius 2 is 1.91 bits per heavy atom. The van der Waals surface area contributed by atoms with Crippen molar-refractivity contribution in [2.75, 3.05) is 14.2 Å². The van der Waals surface area contributed by atoms with Gasteiger partial charge >= 0.3 is 0 Å². The first-order chi connectivity index (χ1) is 15.4. The average Bonchev–Trinajstić information content (AvgIpc) is 3.16. The van der Waals surface area contributed by atoms with Crippen molar-refractivity contribution in [1.82, 2.24) is 20.1 Å². The minimum Gasteiger partial charge on any atom is -0.493 e. The maximum atomic E-state index is 14.0. The van der Waals surface area contributed by atoms with Gasteiger partial charge in [0.1, 0.15) is 5.82 Å². The van der Waals surface area contributed by atoms with E-state index in [0.29, 0.717) is 51.8 Å². The summed E-state index contributed by atoms with van der Waals surface area (Å²) >= 11 is 1.42. The molecule has 7 nitrogen and oxygen atoms in total. The Balaban J connectivity index is 1.75. The molecule has 0 spiro atoms. The normalized spacial score (nSPS) is 10.9. The fraction of sp³-hybridized carbons (Fsp3) is 0.348. The van der Waals surface area contributed by atoms with E-state index >= 15 is 0 Å². The molecule has 1 N–H and O–H groups in total. The number of methoxy groups -OCH3 is 2. The van der Waals surface area contributed by atoms with Crippen LogP contribution in [0.3, 0.4) is 0 Å². The molecule has 0 atom stereocenters. The zero-order valence-corrected chi connectivity index (χ0v) is 19.4.